The van der Waals surface area contributed by atoms with Gasteiger partial charge in [0.1, 0.15) is 6.61 Å². The lowest BCUT2D eigenvalue weighted by Gasteiger charge is -2.20. The van der Waals surface area contributed by atoms with Crippen LogP contribution in [0.15, 0.2) is 11.6 Å². The molecule has 0 radical (unpaired) electrons. The molecule has 0 bridgehead atoms. The first-order valence-corrected chi connectivity index (χ1v) is 7.87. The van der Waals surface area contributed by atoms with Crippen molar-refractivity contribution in [2.24, 2.45) is 11.8 Å². The fourth-order valence-corrected chi connectivity index (χ4v) is 2.33. The van der Waals surface area contributed by atoms with E-state index >= 15 is 0 Å². The van der Waals surface area contributed by atoms with E-state index in [1.807, 2.05) is 0 Å². The minimum absolute atomic E-state index is 0.0474. The first-order valence-electron chi connectivity index (χ1n) is 7.87. The van der Waals surface area contributed by atoms with E-state index in [9.17, 15) is 14.7 Å². The second-order valence-corrected chi connectivity index (χ2v) is 5.81. The van der Waals surface area contributed by atoms with Crippen molar-refractivity contribution in [3.8, 4) is 0 Å². The highest BCUT2D eigenvalue weighted by atomic mass is 16.5. The topological polar surface area (TPSA) is 84.9 Å². The largest absolute Gasteiger partial charge is 0.466 e. The summed E-state index contributed by atoms with van der Waals surface area (Å²) in [7, 11) is 0. The van der Waals surface area contributed by atoms with E-state index in [2.05, 4.69) is 18.3 Å². The number of ether oxygens (including phenoxy) is 2. The highest BCUT2D eigenvalue weighted by Gasteiger charge is 2.23. The molecule has 126 valence electrons. The predicted molar refractivity (Wildman–Crippen MR) is 82.3 cm³/mol. The summed E-state index contributed by atoms with van der Waals surface area (Å²) in [6.07, 6.45) is 3.68. The average molecular weight is 313 g/mol. The van der Waals surface area contributed by atoms with E-state index in [4.69, 9.17) is 9.47 Å². The Bertz CT molecular complexity index is 407. The first-order chi connectivity index (χ1) is 10.4. The average Bonchev–Trinajstić information content (AvgIpc) is 2.50. The van der Waals surface area contributed by atoms with Gasteiger partial charge in [-0.2, -0.15) is 0 Å². The maximum atomic E-state index is 11.6. The van der Waals surface area contributed by atoms with Crippen LogP contribution in [0.3, 0.4) is 0 Å². The van der Waals surface area contributed by atoms with Crippen LogP contribution in [0.1, 0.15) is 40.0 Å². The summed E-state index contributed by atoms with van der Waals surface area (Å²) in [5, 5.41) is 12.3. The van der Waals surface area contributed by atoms with Crippen molar-refractivity contribution < 1.29 is 24.2 Å². The van der Waals surface area contributed by atoms with Gasteiger partial charge in [-0.05, 0) is 44.6 Å². The fraction of sp³-hybridized carbons (Fsp3) is 0.750. The molecular formula is C16H27NO5. The summed E-state index contributed by atoms with van der Waals surface area (Å²) in [5.74, 6) is -0.549. The highest BCUT2D eigenvalue weighted by Crippen LogP contribution is 2.23. The molecule has 22 heavy (non-hydrogen) atoms. The molecule has 6 heteroatoms. The van der Waals surface area contributed by atoms with Crippen molar-refractivity contribution in [3.63, 3.8) is 0 Å². The summed E-state index contributed by atoms with van der Waals surface area (Å²) in [5.41, 5.74) is 1.13. The Morgan fingerprint density at radius 2 is 2.18 bits per heavy atom. The van der Waals surface area contributed by atoms with Crippen LogP contribution in [0.4, 0.5) is 4.79 Å². The molecule has 3 atom stereocenters. The molecule has 1 aliphatic rings. The summed E-state index contributed by atoms with van der Waals surface area (Å²) < 4.78 is 9.94. The van der Waals surface area contributed by atoms with Gasteiger partial charge in [0.05, 0.1) is 18.6 Å². The minimum Gasteiger partial charge on any atom is -0.466 e. The zero-order valence-electron chi connectivity index (χ0n) is 13.6. The third-order valence-electron chi connectivity index (χ3n) is 3.78. The summed E-state index contributed by atoms with van der Waals surface area (Å²) in [4.78, 5) is 23.1. The molecular weight excluding hydrogens is 286 g/mol. The Kier molecular flexibility index (Phi) is 7.95. The van der Waals surface area contributed by atoms with Gasteiger partial charge in [-0.25, -0.2) is 4.79 Å². The third-order valence-corrected chi connectivity index (χ3v) is 3.78. The van der Waals surface area contributed by atoms with Gasteiger partial charge in [0.25, 0.3) is 0 Å². The van der Waals surface area contributed by atoms with Crippen molar-refractivity contribution >= 4 is 12.1 Å². The molecule has 2 N–H and O–H groups in total. The number of esters is 1. The lowest BCUT2D eigenvalue weighted by Crippen LogP contribution is -2.39. The van der Waals surface area contributed by atoms with Crippen LogP contribution >= 0.6 is 0 Å². The van der Waals surface area contributed by atoms with Crippen molar-refractivity contribution in [3.05, 3.63) is 11.6 Å². The molecule has 0 aliphatic heterocycles. The molecule has 0 fully saturated rings. The number of carbonyl (C=O) groups is 2. The number of rotatable bonds is 7. The van der Waals surface area contributed by atoms with Gasteiger partial charge in [-0.1, -0.05) is 13.0 Å². The molecule has 3 unspecified atom stereocenters. The quantitative estimate of drug-likeness (QED) is 0.555. The van der Waals surface area contributed by atoms with Crippen LogP contribution < -0.4 is 5.32 Å². The van der Waals surface area contributed by atoms with Crippen LogP contribution in [0.5, 0.6) is 0 Å². The molecule has 0 aromatic heterocycles. The number of nitrogens with one attached hydrogen (secondary N) is 1. The normalized spacial score (nSPS) is 20.5. The van der Waals surface area contributed by atoms with E-state index in [0.29, 0.717) is 5.92 Å². The molecule has 6 nitrogen and oxygen atoms in total. The molecule has 0 heterocycles. The van der Waals surface area contributed by atoms with E-state index in [0.717, 1.165) is 18.4 Å². The Morgan fingerprint density at radius 3 is 2.82 bits per heavy atom. The Hall–Kier alpha value is -1.56. The molecule has 0 saturated heterocycles. The van der Waals surface area contributed by atoms with Gasteiger partial charge < -0.3 is 19.9 Å². The van der Waals surface area contributed by atoms with Gasteiger partial charge in [0, 0.05) is 6.54 Å². The highest BCUT2D eigenvalue weighted by molar-refractivity contribution is 5.73. The SMILES string of the molecule is CCOC(=O)C(C)C(O)CNC(=O)OCC1=CCCC(C)C1. The van der Waals surface area contributed by atoms with Gasteiger partial charge in [-0.3, -0.25) is 4.79 Å². The van der Waals surface area contributed by atoms with Crippen LogP contribution in [-0.4, -0.2) is 43.0 Å². The number of hydrogen-bond donors (Lipinski definition) is 2. The molecule has 1 aliphatic carbocycles. The van der Waals surface area contributed by atoms with Crippen molar-refractivity contribution in [1.82, 2.24) is 5.32 Å². The number of carbonyl (C=O) groups excluding carboxylic acids is 2. The van der Waals surface area contributed by atoms with Crippen LogP contribution in [0.25, 0.3) is 0 Å². The van der Waals surface area contributed by atoms with Crippen LogP contribution in [0, 0.1) is 11.8 Å². The Morgan fingerprint density at radius 1 is 1.45 bits per heavy atom. The number of alkyl carbamates (subject to hydrolysis) is 1. The van der Waals surface area contributed by atoms with Crippen LogP contribution in [-0.2, 0) is 14.3 Å². The molecule has 0 aromatic rings. The van der Waals surface area contributed by atoms with Gasteiger partial charge in [0.15, 0.2) is 0 Å². The molecule has 0 aromatic carbocycles. The smallest absolute Gasteiger partial charge is 0.407 e. The van der Waals surface area contributed by atoms with Gasteiger partial charge in [-0.15, -0.1) is 0 Å². The monoisotopic (exact) mass is 313 g/mol. The molecule has 1 rings (SSSR count). The van der Waals surface area contributed by atoms with Crippen LogP contribution in [0.2, 0.25) is 0 Å². The maximum absolute atomic E-state index is 11.6. The second-order valence-electron chi connectivity index (χ2n) is 5.81. The first kappa shape index (κ1) is 18.5. The van der Waals surface area contributed by atoms with Crippen molar-refractivity contribution in [2.45, 2.75) is 46.1 Å². The summed E-state index contributed by atoms with van der Waals surface area (Å²) in [6.45, 7) is 5.93. The van der Waals surface area contributed by atoms with E-state index < -0.39 is 24.1 Å². The lowest BCUT2D eigenvalue weighted by atomic mass is 9.91. The molecule has 1 amide bonds. The van der Waals surface area contributed by atoms with Crippen molar-refractivity contribution in [1.29, 1.82) is 0 Å². The fourth-order valence-electron chi connectivity index (χ4n) is 2.33. The third kappa shape index (κ3) is 6.47. The van der Waals surface area contributed by atoms with E-state index in [1.54, 1.807) is 13.8 Å². The Balaban J connectivity index is 2.25. The lowest BCUT2D eigenvalue weighted by molar-refractivity contribution is -0.151. The summed E-state index contributed by atoms with van der Waals surface area (Å²) in [6, 6.07) is 0. The van der Waals surface area contributed by atoms with E-state index in [-0.39, 0.29) is 19.8 Å². The van der Waals surface area contributed by atoms with E-state index in [1.165, 1.54) is 6.42 Å². The minimum atomic E-state index is -1.000. The second kappa shape index (κ2) is 9.46. The molecule has 0 spiro atoms. The number of allylic oxidation sites excluding steroid dienone is 1. The standard InChI is InChI=1S/C16H27NO5/c1-4-21-15(19)12(3)14(18)9-17-16(20)22-10-13-7-5-6-11(2)8-13/h7,11-12,14,18H,4-6,8-10H2,1-3H3,(H,17,20). The zero-order valence-corrected chi connectivity index (χ0v) is 13.6. The maximum Gasteiger partial charge on any atom is 0.407 e. The summed E-state index contributed by atoms with van der Waals surface area (Å²) >= 11 is 0. The van der Waals surface area contributed by atoms with Gasteiger partial charge >= 0.3 is 12.1 Å². The predicted octanol–water partition coefficient (Wildman–Crippen LogP) is 2.02. The van der Waals surface area contributed by atoms with Gasteiger partial charge in [0.2, 0.25) is 0 Å². The zero-order chi connectivity index (χ0) is 16.5. The number of amides is 1. The number of hydrogen-bond acceptors (Lipinski definition) is 5. The Labute approximate surface area is 131 Å². The molecule has 0 saturated carbocycles. The number of aliphatic hydroxyl groups excluding tert-OH is 1. The van der Waals surface area contributed by atoms with Crippen molar-refractivity contribution in [2.75, 3.05) is 19.8 Å². The number of aliphatic hydroxyl groups is 1.